The van der Waals surface area contributed by atoms with E-state index in [9.17, 15) is 18.0 Å². The van der Waals surface area contributed by atoms with Crippen LogP contribution in [0.5, 0.6) is 5.75 Å². The average Bonchev–Trinajstić information content (AvgIpc) is 2.71. The SMILES string of the molecule is C[C@@H](Oc1ccc2ccccc2c1)C(=O)NNC(=O)c1ccc(S(C)(=O)=O)cc1. The Balaban J connectivity index is 1.57. The highest BCUT2D eigenvalue weighted by Crippen LogP contribution is 2.21. The van der Waals surface area contributed by atoms with Gasteiger partial charge in [-0.3, -0.25) is 20.4 Å². The quantitative estimate of drug-likeness (QED) is 0.627. The van der Waals surface area contributed by atoms with Crippen LogP contribution >= 0.6 is 0 Å². The molecular formula is C21H20N2O5S. The molecule has 0 aliphatic carbocycles. The topological polar surface area (TPSA) is 102 Å². The number of hydrazine groups is 1. The molecule has 0 saturated carbocycles. The predicted octanol–water partition coefficient (Wildman–Crippen LogP) is 2.47. The van der Waals surface area contributed by atoms with Crippen LogP contribution < -0.4 is 15.6 Å². The van der Waals surface area contributed by atoms with Crippen molar-refractivity contribution in [1.29, 1.82) is 0 Å². The third-order valence-electron chi connectivity index (χ3n) is 4.25. The van der Waals surface area contributed by atoms with E-state index >= 15 is 0 Å². The molecule has 0 fully saturated rings. The zero-order valence-electron chi connectivity index (χ0n) is 15.9. The highest BCUT2D eigenvalue weighted by atomic mass is 32.2. The average molecular weight is 412 g/mol. The molecule has 2 amide bonds. The standard InChI is InChI=1S/C21H20N2O5S/c1-14(28-18-10-7-15-5-3-4-6-17(15)13-18)20(24)22-23-21(25)16-8-11-19(12-9-16)29(2,26)27/h3-14H,1-2H3,(H,22,24)(H,23,25)/t14-/m1/s1. The highest BCUT2D eigenvalue weighted by Gasteiger charge is 2.16. The van der Waals surface area contributed by atoms with Crippen LogP contribution in [0.25, 0.3) is 10.8 Å². The normalized spacial score (nSPS) is 12.2. The van der Waals surface area contributed by atoms with E-state index in [0.29, 0.717) is 5.75 Å². The number of nitrogens with one attached hydrogen (secondary N) is 2. The van der Waals surface area contributed by atoms with Crippen molar-refractivity contribution < 1.29 is 22.7 Å². The van der Waals surface area contributed by atoms with Crippen molar-refractivity contribution in [3.8, 4) is 5.75 Å². The minimum absolute atomic E-state index is 0.107. The van der Waals surface area contributed by atoms with E-state index in [4.69, 9.17) is 4.74 Å². The summed E-state index contributed by atoms with van der Waals surface area (Å²) in [6, 6.07) is 18.7. The van der Waals surface area contributed by atoms with Crippen molar-refractivity contribution >= 4 is 32.4 Å². The molecule has 0 radical (unpaired) electrons. The van der Waals surface area contributed by atoms with Gasteiger partial charge in [-0.05, 0) is 54.1 Å². The summed E-state index contributed by atoms with van der Waals surface area (Å²) < 4.78 is 28.6. The molecule has 1 atom stereocenters. The van der Waals surface area contributed by atoms with Gasteiger partial charge in [0, 0.05) is 11.8 Å². The van der Waals surface area contributed by atoms with Crippen molar-refractivity contribution in [2.45, 2.75) is 17.9 Å². The van der Waals surface area contributed by atoms with Gasteiger partial charge in [0.2, 0.25) is 0 Å². The number of fused-ring (bicyclic) bond motifs is 1. The molecule has 0 spiro atoms. The molecule has 0 heterocycles. The van der Waals surface area contributed by atoms with Crippen LogP contribution in [0.3, 0.4) is 0 Å². The lowest BCUT2D eigenvalue weighted by Gasteiger charge is -2.15. The maximum Gasteiger partial charge on any atom is 0.279 e. The van der Waals surface area contributed by atoms with Crippen LogP contribution in [0.15, 0.2) is 71.6 Å². The number of sulfone groups is 1. The Bertz CT molecular complexity index is 1160. The molecule has 3 aromatic rings. The summed E-state index contributed by atoms with van der Waals surface area (Å²) in [6.45, 7) is 1.57. The number of benzene rings is 3. The first-order chi connectivity index (χ1) is 13.7. The fraction of sp³-hybridized carbons (Fsp3) is 0.143. The molecule has 7 nitrogen and oxygen atoms in total. The summed E-state index contributed by atoms with van der Waals surface area (Å²) in [6.07, 6.45) is 0.239. The molecule has 2 N–H and O–H groups in total. The Labute approximate surface area is 168 Å². The number of hydrogen-bond acceptors (Lipinski definition) is 5. The lowest BCUT2D eigenvalue weighted by atomic mass is 10.1. The Kier molecular flexibility index (Phi) is 5.84. The van der Waals surface area contributed by atoms with Crippen LogP contribution in [0.4, 0.5) is 0 Å². The molecule has 0 aliphatic rings. The monoisotopic (exact) mass is 412 g/mol. The van der Waals surface area contributed by atoms with Gasteiger partial charge in [-0.1, -0.05) is 30.3 Å². The van der Waals surface area contributed by atoms with Gasteiger partial charge in [-0.25, -0.2) is 8.42 Å². The van der Waals surface area contributed by atoms with Crippen molar-refractivity contribution in [2.24, 2.45) is 0 Å². The first kappa shape index (κ1) is 20.3. The number of rotatable bonds is 5. The van der Waals surface area contributed by atoms with Gasteiger partial charge in [-0.2, -0.15) is 0 Å². The number of hydrogen-bond donors (Lipinski definition) is 2. The predicted molar refractivity (Wildman–Crippen MR) is 109 cm³/mol. The van der Waals surface area contributed by atoms with Gasteiger partial charge < -0.3 is 4.74 Å². The molecule has 3 rings (SSSR count). The number of ether oxygens (including phenoxy) is 1. The maximum atomic E-state index is 12.2. The number of amides is 2. The third kappa shape index (κ3) is 5.11. The highest BCUT2D eigenvalue weighted by molar-refractivity contribution is 7.90. The summed E-state index contributed by atoms with van der Waals surface area (Å²) in [5.74, 6) is -0.565. The van der Waals surface area contributed by atoms with E-state index < -0.39 is 27.8 Å². The van der Waals surface area contributed by atoms with Gasteiger partial charge >= 0.3 is 0 Å². The minimum Gasteiger partial charge on any atom is -0.481 e. The van der Waals surface area contributed by atoms with Crippen LogP contribution in [-0.4, -0.2) is 32.6 Å². The lowest BCUT2D eigenvalue weighted by Crippen LogP contribution is -2.47. The molecule has 150 valence electrons. The lowest BCUT2D eigenvalue weighted by molar-refractivity contribution is -0.128. The van der Waals surface area contributed by atoms with E-state index in [2.05, 4.69) is 10.9 Å². The fourth-order valence-electron chi connectivity index (χ4n) is 2.64. The summed E-state index contributed by atoms with van der Waals surface area (Å²) in [7, 11) is -3.34. The fourth-order valence-corrected chi connectivity index (χ4v) is 3.27. The van der Waals surface area contributed by atoms with E-state index in [1.165, 1.54) is 24.3 Å². The smallest absolute Gasteiger partial charge is 0.279 e. The molecule has 0 unspecified atom stereocenters. The van der Waals surface area contributed by atoms with Crippen molar-refractivity contribution in [2.75, 3.05) is 6.26 Å². The van der Waals surface area contributed by atoms with E-state index in [1.54, 1.807) is 13.0 Å². The van der Waals surface area contributed by atoms with Crippen LogP contribution in [-0.2, 0) is 14.6 Å². The summed E-state index contributed by atoms with van der Waals surface area (Å²) >= 11 is 0. The third-order valence-corrected chi connectivity index (χ3v) is 5.38. The van der Waals surface area contributed by atoms with Crippen molar-refractivity contribution in [3.63, 3.8) is 0 Å². The molecule has 0 aromatic heterocycles. The largest absolute Gasteiger partial charge is 0.481 e. The molecule has 8 heteroatoms. The molecule has 29 heavy (non-hydrogen) atoms. The van der Waals surface area contributed by atoms with Gasteiger partial charge in [0.1, 0.15) is 5.75 Å². The van der Waals surface area contributed by atoms with E-state index in [-0.39, 0.29) is 10.5 Å². The minimum atomic E-state index is -3.34. The summed E-state index contributed by atoms with van der Waals surface area (Å²) in [5, 5.41) is 2.05. The second-order valence-electron chi connectivity index (χ2n) is 6.51. The van der Waals surface area contributed by atoms with Crippen LogP contribution in [0.2, 0.25) is 0 Å². The second kappa shape index (κ2) is 8.32. The summed E-state index contributed by atoms with van der Waals surface area (Å²) in [4.78, 5) is 24.4. The molecule has 0 aliphatic heterocycles. The Morgan fingerprint density at radius 2 is 1.55 bits per heavy atom. The zero-order valence-corrected chi connectivity index (χ0v) is 16.7. The van der Waals surface area contributed by atoms with Gasteiger partial charge in [0.25, 0.3) is 11.8 Å². The first-order valence-electron chi connectivity index (χ1n) is 8.80. The molecule has 3 aromatic carbocycles. The second-order valence-corrected chi connectivity index (χ2v) is 8.52. The van der Waals surface area contributed by atoms with Gasteiger partial charge in [0.15, 0.2) is 15.9 Å². The first-order valence-corrected chi connectivity index (χ1v) is 10.7. The van der Waals surface area contributed by atoms with E-state index in [1.807, 2.05) is 36.4 Å². The van der Waals surface area contributed by atoms with Crippen molar-refractivity contribution in [1.82, 2.24) is 10.9 Å². The number of carbonyl (C=O) groups excluding carboxylic acids is 2. The molecule has 0 saturated heterocycles. The Morgan fingerprint density at radius 3 is 2.21 bits per heavy atom. The number of carbonyl (C=O) groups is 2. The van der Waals surface area contributed by atoms with Crippen LogP contribution in [0.1, 0.15) is 17.3 Å². The molecule has 0 bridgehead atoms. The Hall–Kier alpha value is -3.39. The van der Waals surface area contributed by atoms with Gasteiger partial charge in [0.05, 0.1) is 4.90 Å². The molecular weight excluding hydrogens is 392 g/mol. The van der Waals surface area contributed by atoms with E-state index in [0.717, 1.165) is 17.0 Å². The zero-order chi connectivity index (χ0) is 21.0. The van der Waals surface area contributed by atoms with Gasteiger partial charge in [-0.15, -0.1) is 0 Å². The summed E-state index contributed by atoms with van der Waals surface area (Å²) in [5.41, 5.74) is 4.80. The van der Waals surface area contributed by atoms with Crippen molar-refractivity contribution in [3.05, 3.63) is 72.3 Å². The maximum absolute atomic E-state index is 12.2. The van der Waals surface area contributed by atoms with Crippen LogP contribution in [0, 0.1) is 0 Å². The Morgan fingerprint density at radius 1 is 0.897 bits per heavy atom.